The smallest absolute Gasteiger partial charge is 0.247 e. The van der Waals surface area contributed by atoms with Gasteiger partial charge in [0.1, 0.15) is 23.1 Å². The Balaban J connectivity index is 1.82. The van der Waals surface area contributed by atoms with Crippen LogP contribution < -0.4 is 20.1 Å². The molecule has 0 bridgehead atoms. The highest BCUT2D eigenvalue weighted by molar-refractivity contribution is 6.01. The molecule has 0 saturated carbocycles. The van der Waals surface area contributed by atoms with E-state index in [1.54, 1.807) is 36.4 Å². The highest BCUT2D eigenvalue weighted by atomic mass is 19.1. The molecule has 1 amide bonds. The van der Waals surface area contributed by atoms with E-state index in [4.69, 9.17) is 9.47 Å². The summed E-state index contributed by atoms with van der Waals surface area (Å²) in [4.78, 5) is 16.0. The van der Waals surface area contributed by atoms with Crippen molar-refractivity contribution in [3.63, 3.8) is 0 Å². The molecule has 2 N–H and O–H groups in total. The van der Waals surface area contributed by atoms with Gasteiger partial charge in [-0.1, -0.05) is 18.7 Å². The number of para-hydroxylation sites is 1. The first-order chi connectivity index (χ1) is 15.4. The number of hydrogen-bond donors (Lipinski definition) is 2. The fraction of sp³-hybridized carbons (Fsp3) is 0.120. The van der Waals surface area contributed by atoms with Gasteiger partial charge in [0, 0.05) is 17.8 Å². The number of carbonyl (C=O) groups is 1. The number of methoxy groups -OCH3 is 2. The number of aromatic nitrogens is 1. The Bertz CT molecular complexity index is 1140. The number of anilines is 3. The Morgan fingerprint density at radius 3 is 2.41 bits per heavy atom. The number of pyridine rings is 1. The van der Waals surface area contributed by atoms with E-state index in [2.05, 4.69) is 22.2 Å². The van der Waals surface area contributed by atoms with Crippen LogP contribution in [-0.4, -0.2) is 25.1 Å². The first-order valence-electron chi connectivity index (χ1n) is 9.80. The maximum absolute atomic E-state index is 14.8. The number of amides is 1. The molecule has 0 aliphatic carbocycles. The number of benzene rings is 2. The molecule has 32 heavy (non-hydrogen) atoms. The van der Waals surface area contributed by atoms with Crippen LogP contribution >= 0.6 is 0 Å². The van der Waals surface area contributed by atoms with Crippen molar-refractivity contribution in [3.8, 4) is 11.5 Å². The molecule has 0 radical (unpaired) electrons. The summed E-state index contributed by atoms with van der Waals surface area (Å²) in [7, 11) is 3.08. The lowest BCUT2D eigenvalue weighted by molar-refractivity contribution is -0.111. The number of ether oxygens (including phenoxy) is 2. The summed E-state index contributed by atoms with van der Waals surface area (Å²) in [5.41, 5.74) is 3.13. The van der Waals surface area contributed by atoms with Crippen LogP contribution in [0.25, 0.3) is 11.9 Å². The number of nitrogens with zero attached hydrogens (tertiary/aromatic N) is 1. The number of halogens is 1. The lowest BCUT2D eigenvalue weighted by Crippen LogP contribution is -2.10. The van der Waals surface area contributed by atoms with Crippen molar-refractivity contribution in [3.05, 3.63) is 84.1 Å². The van der Waals surface area contributed by atoms with Gasteiger partial charge in [0.2, 0.25) is 5.91 Å². The molecule has 0 spiro atoms. The van der Waals surface area contributed by atoms with Crippen LogP contribution in [0.4, 0.5) is 21.6 Å². The standard InChI is InChI=1S/C25H24FN3O3/c1-5-24(30)28-22-8-6-7-16(2)25(22)29-23-10-9-18(15-27-23)21(26)13-17-11-19(31-3)14-20(12-17)32-4/h5-15H,1H2,2-4H3,(H,27,29)(H,28,30)/b21-13-. The van der Waals surface area contributed by atoms with Crippen molar-refractivity contribution in [2.45, 2.75) is 6.92 Å². The van der Waals surface area contributed by atoms with Crippen molar-refractivity contribution in [2.75, 3.05) is 24.9 Å². The zero-order valence-electron chi connectivity index (χ0n) is 18.1. The summed E-state index contributed by atoms with van der Waals surface area (Å²) in [6.45, 7) is 5.38. The molecule has 0 atom stereocenters. The van der Waals surface area contributed by atoms with Crippen LogP contribution in [0.3, 0.4) is 0 Å². The maximum Gasteiger partial charge on any atom is 0.247 e. The zero-order chi connectivity index (χ0) is 23.1. The molecule has 3 aromatic rings. The second kappa shape index (κ2) is 10.3. The fourth-order valence-electron chi connectivity index (χ4n) is 3.00. The quantitative estimate of drug-likeness (QED) is 0.443. The SMILES string of the molecule is C=CC(=O)Nc1cccc(C)c1Nc1ccc(/C(F)=C/c2cc(OC)cc(OC)c2)cn1. The van der Waals surface area contributed by atoms with Crippen molar-refractivity contribution in [1.29, 1.82) is 0 Å². The predicted molar refractivity (Wildman–Crippen MR) is 126 cm³/mol. The predicted octanol–water partition coefficient (Wildman–Crippen LogP) is 5.74. The number of rotatable bonds is 8. The summed E-state index contributed by atoms with van der Waals surface area (Å²) in [6, 6.07) is 13.9. The number of hydrogen-bond acceptors (Lipinski definition) is 5. The number of nitrogens with one attached hydrogen (secondary N) is 2. The van der Waals surface area contributed by atoms with Crippen LogP contribution in [0.5, 0.6) is 11.5 Å². The second-order valence-corrected chi connectivity index (χ2v) is 6.89. The Kier molecular flexibility index (Phi) is 7.23. The summed E-state index contributed by atoms with van der Waals surface area (Å²) in [5, 5.41) is 5.94. The number of carbonyl (C=O) groups excluding carboxylic acids is 1. The van der Waals surface area contributed by atoms with Crippen LogP contribution in [0.1, 0.15) is 16.7 Å². The van der Waals surface area contributed by atoms with Crippen molar-refractivity contribution >= 4 is 35.0 Å². The van der Waals surface area contributed by atoms with Gasteiger partial charge in [-0.2, -0.15) is 0 Å². The minimum atomic E-state index is -0.450. The van der Waals surface area contributed by atoms with Gasteiger partial charge in [0.25, 0.3) is 0 Å². The van der Waals surface area contributed by atoms with E-state index in [1.807, 2.05) is 19.1 Å². The third-order valence-electron chi connectivity index (χ3n) is 4.68. The average molecular weight is 433 g/mol. The molecule has 0 aliphatic heterocycles. The maximum atomic E-state index is 14.8. The zero-order valence-corrected chi connectivity index (χ0v) is 18.1. The van der Waals surface area contributed by atoms with Gasteiger partial charge in [-0.3, -0.25) is 4.79 Å². The third kappa shape index (κ3) is 5.51. The van der Waals surface area contributed by atoms with Gasteiger partial charge in [-0.15, -0.1) is 0 Å². The molecular formula is C25H24FN3O3. The first-order valence-corrected chi connectivity index (χ1v) is 9.80. The first kappa shape index (κ1) is 22.6. The summed E-state index contributed by atoms with van der Waals surface area (Å²) >= 11 is 0. The highest BCUT2D eigenvalue weighted by Crippen LogP contribution is 2.30. The molecule has 2 aromatic carbocycles. The summed E-state index contributed by atoms with van der Waals surface area (Å²) in [6.07, 6.45) is 4.03. The van der Waals surface area contributed by atoms with Gasteiger partial charge >= 0.3 is 0 Å². The van der Waals surface area contributed by atoms with Gasteiger partial charge in [-0.05, 0) is 60.5 Å². The Labute approximate surface area is 186 Å². The average Bonchev–Trinajstić information content (AvgIpc) is 2.81. The normalized spacial score (nSPS) is 10.9. The molecule has 0 unspecified atom stereocenters. The molecular weight excluding hydrogens is 409 g/mol. The van der Waals surface area contributed by atoms with Crippen LogP contribution in [0, 0.1) is 6.92 Å². The fourth-order valence-corrected chi connectivity index (χ4v) is 3.00. The van der Waals surface area contributed by atoms with Gasteiger partial charge in [-0.25, -0.2) is 9.37 Å². The molecule has 0 fully saturated rings. The summed E-state index contributed by atoms with van der Waals surface area (Å²) < 4.78 is 25.3. The van der Waals surface area contributed by atoms with E-state index in [0.29, 0.717) is 39.8 Å². The minimum Gasteiger partial charge on any atom is -0.497 e. The Hall–Kier alpha value is -4.13. The van der Waals surface area contributed by atoms with Crippen molar-refractivity contribution in [2.24, 2.45) is 0 Å². The molecule has 1 heterocycles. The molecule has 6 nitrogen and oxygen atoms in total. The van der Waals surface area contributed by atoms with E-state index < -0.39 is 5.83 Å². The third-order valence-corrected chi connectivity index (χ3v) is 4.68. The molecule has 7 heteroatoms. The van der Waals surface area contributed by atoms with E-state index in [1.165, 1.54) is 32.6 Å². The van der Waals surface area contributed by atoms with E-state index in [0.717, 1.165) is 5.56 Å². The molecule has 0 saturated heterocycles. The minimum absolute atomic E-state index is 0.316. The lowest BCUT2D eigenvalue weighted by atomic mass is 10.1. The monoisotopic (exact) mass is 433 g/mol. The van der Waals surface area contributed by atoms with E-state index in [-0.39, 0.29) is 5.91 Å². The van der Waals surface area contributed by atoms with E-state index >= 15 is 0 Å². The molecule has 0 aliphatic rings. The Morgan fingerprint density at radius 1 is 1.09 bits per heavy atom. The van der Waals surface area contributed by atoms with Crippen LogP contribution in [0.2, 0.25) is 0 Å². The van der Waals surface area contributed by atoms with Crippen LogP contribution in [-0.2, 0) is 4.79 Å². The molecule has 164 valence electrons. The van der Waals surface area contributed by atoms with Crippen molar-refractivity contribution in [1.82, 2.24) is 4.98 Å². The molecule has 1 aromatic heterocycles. The molecule has 3 rings (SSSR count). The topological polar surface area (TPSA) is 72.5 Å². The van der Waals surface area contributed by atoms with Crippen molar-refractivity contribution < 1.29 is 18.7 Å². The van der Waals surface area contributed by atoms with Crippen LogP contribution in [0.15, 0.2) is 67.4 Å². The number of aryl methyl sites for hydroxylation is 1. The Morgan fingerprint density at radius 2 is 1.81 bits per heavy atom. The van der Waals surface area contributed by atoms with E-state index in [9.17, 15) is 9.18 Å². The van der Waals surface area contributed by atoms with Gasteiger partial charge < -0.3 is 20.1 Å². The summed E-state index contributed by atoms with van der Waals surface area (Å²) in [5.74, 6) is 0.878. The largest absolute Gasteiger partial charge is 0.497 e. The van der Waals surface area contributed by atoms with Gasteiger partial charge in [0.05, 0.1) is 25.6 Å². The van der Waals surface area contributed by atoms with Gasteiger partial charge in [0.15, 0.2) is 0 Å². The highest BCUT2D eigenvalue weighted by Gasteiger charge is 2.10. The lowest BCUT2D eigenvalue weighted by Gasteiger charge is -2.14. The second-order valence-electron chi connectivity index (χ2n) is 6.89.